The van der Waals surface area contributed by atoms with Gasteiger partial charge in [0.2, 0.25) is 0 Å². The van der Waals surface area contributed by atoms with Crippen molar-refractivity contribution >= 4 is 0 Å². The van der Waals surface area contributed by atoms with E-state index in [9.17, 15) is 5.11 Å². The Kier molecular flexibility index (Phi) is 6.14. The molecule has 3 N–H and O–H groups in total. The second-order valence-electron chi connectivity index (χ2n) is 3.68. The summed E-state index contributed by atoms with van der Waals surface area (Å²) in [6.07, 6.45) is 2.68. The Morgan fingerprint density at radius 2 is 2.12 bits per heavy atom. The van der Waals surface area contributed by atoms with E-state index in [-0.39, 0.29) is 11.5 Å². The molecule has 4 nitrogen and oxygen atoms in total. The summed E-state index contributed by atoms with van der Waals surface area (Å²) in [4.78, 5) is 0. The summed E-state index contributed by atoms with van der Waals surface area (Å²) in [5.41, 5.74) is 0.758. The average Bonchev–Trinajstić information content (AvgIpc) is 2.30. The second-order valence-corrected chi connectivity index (χ2v) is 3.68. The lowest BCUT2D eigenvalue weighted by atomic mass is 10.2. The molecule has 1 aromatic carbocycles. The molecule has 0 bridgehead atoms. The molecule has 0 spiro atoms. The summed E-state index contributed by atoms with van der Waals surface area (Å²) in [6, 6.07) is 4.57. The first kappa shape index (κ1) is 13.5. The predicted molar refractivity (Wildman–Crippen MR) is 67.1 cm³/mol. The van der Waals surface area contributed by atoms with Crippen LogP contribution in [-0.4, -0.2) is 30.0 Å². The van der Waals surface area contributed by atoms with Crippen molar-refractivity contribution in [1.29, 1.82) is 0 Å². The van der Waals surface area contributed by atoms with Crippen molar-refractivity contribution in [1.82, 2.24) is 5.32 Å². The number of ether oxygens (including phenoxy) is 1. The summed E-state index contributed by atoms with van der Waals surface area (Å²) in [7, 11) is 0. The van der Waals surface area contributed by atoms with Crippen molar-refractivity contribution in [3.05, 3.63) is 36.4 Å². The van der Waals surface area contributed by atoms with E-state index in [4.69, 9.17) is 9.84 Å². The zero-order chi connectivity index (χ0) is 12.5. The van der Waals surface area contributed by atoms with Crippen LogP contribution in [0.2, 0.25) is 0 Å². The largest absolute Gasteiger partial charge is 0.508 e. The van der Waals surface area contributed by atoms with Gasteiger partial charge in [-0.1, -0.05) is 12.1 Å². The van der Waals surface area contributed by atoms with Gasteiger partial charge in [-0.3, -0.25) is 0 Å². The minimum Gasteiger partial charge on any atom is -0.508 e. The van der Waals surface area contributed by atoms with Crippen LogP contribution in [0.4, 0.5) is 0 Å². The lowest BCUT2D eigenvalue weighted by Crippen LogP contribution is -2.19. The normalized spacial score (nSPS) is 10.4. The molecule has 17 heavy (non-hydrogen) atoms. The van der Waals surface area contributed by atoms with Crippen LogP contribution in [0.5, 0.6) is 11.5 Å². The molecule has 0 unspecified atom stereocenters. The zero-order valence-corrected chi connectivity index (χ0v) is 9.85. The average molecular weight is 237 g/mol. The highest BCUT2D eigenvalue weighted by Gasteiger charge is 2.01. The molecule has 0 aromatic heterocycles. The molecule has 0 heterocycles. The van der Waals surface area contributed by atoms with E-state index < -0.39 is 0 Å². The number of phenolic OH excluding ortho intramolecular Hbond substituents is 2. The maximum atomic E-state index is 9.52. The molecule has 0 saturated carbocycles. The van der Waals surface area contributed by atoms with E-state index in [1.54, 1.807) is 12.1 Å². The Balaban J connectivity index is 2.15. The van der Waals surface area contributed by atoms with Crippen molar-refractivity contribution < 1.29 is 14.9 Å². The van der Waals surface area contributed by atoms with Crippen LogP contribution in [0.3, 0.4) is 0 Å². The van der Waals surface area contributed by atoms with Crippen LogP contribution in [0.15, 0.2) is 30.9 Å². The van der Waals surface area contributed by atoms with Gasteiger partial charge in [-0.25, -0.2) is 0 Å². The molecular formula is C13H19NO3. The molecule has 0 aliphatic rings. The summed E-state index contributed by atoms with van der Waals surface area (Å²) >= 11 is 0. The molecule has 0 saturated heterocycles. The Bertz CT molecular complexity index is 353. The maximum absolute atomic E-state index is 9.52. The van der Waals surface area contributed by atoms with E-state index in [1.807, 2.05) is 6.08 Å². The fourth-order valence-electron chi connectivity index (χ4n) is 1.34. The van der Waals surface area contributed by atoms with E-state index in [1.165, 1.54) is 6.07 Å². The summed E-state index contributed by atoms with van der Waals surface area (Å²) < 4.78 is 5.33. The number of nitrogens with one attached hydrogen (secondary N) is 1. The molecular weight excluding hydrogens is 218 g/mol. The molecule has 0 fully saturated rings. The predicted octanol–water partition coefficient (Wildman–Crippen LogP) is 1.78. The first-order valence-corrected chi connectivity index (χ1v) is 5.64. The summed E-state index contributed by atoms with van der Waals surface area (Å²) in [5, 5.41) is 21.8. The number of aromatic hydroxyl groups is 2. The lowest BCUT2D eigenvalue weighted by molar-refractivity contribution is 0.140. The van der Waals surface area contributed by atoms with Crippen molar-refractivity contribution in [3.8, 4) is 11.5 Å². The molecule has 1 rings (SSSR count). The standard InChI is InChI=1S/C13H19NO3/c1-2-3-7-17-8-6-14-10-11-4-5-12(15)9-13(11)16/h2,4-5,9,14-16H,1,3,6-8,10H2. The van der Waals surface area contributed by atoms with Gasteiger partial charge in [0, 0.05) is 24.7 Å². The molecule has 0 amide bonds. The third kappa shape index (κ3) is 5.38. The smallest absolute Gasteiger partial charge is 0.123 e. The number of benzene rings is 1. The van der Waals surface area contributed by atoms with Gasteiger partial charge in [-0.05, 0) is 12.5 Å². The summed E-state index contributed by atoms with van der Waals surface area (Å²) in [5.74, 6) is 0.170. The van der Waals surface area contributed by atoms with Crippen LogP contribution in [0, 0.1) is 0 Å². The fraction of sp³-hybridized carbons (Fsp3) is 0.385. The van der Waals surface area contributed by atoms with Crippen LogP contribution < -0.4 is 5.32 Å². The van der Waals surface area contributed by atoms with Gasteiger partial charge < -0.3 is 20.3 Å². The maximum Gasteiger partial charge on any atom is 0.123 e. The third-order valence-electron chi connectivity index (χ3n) is 2.27. The molecule has 0 atom stereocenters. The molecule has 0 radical (unpaired) electrons. The monoisotopic (exact) mass is 237 g/mol. The first-order chi connectivity index (χ1) is 8.24. The molecule has 4 heteroatoms. The third-order valence-corrected chi connectivity index (χ3v) is 2.27. The van der Waals surface area contributed by atoms with Crippen LogP contribution >= 0.6 is 0 Å². The highest BCUT2D eigenvalue weighted by molar-refractivity contribution is 5.38. The van der Waals surface area contributed by atoms with Crippen molar-refractivity contribution in [3.63, 3.8) is 0 Å². The highest BCUT2D eigenvalue weighted by atomic mass is 16.5. The molecule has 0 aliphatic carbocycles. The fourth-order valence-corrected chi connectivity index (χ4v) is 1.34. The van der Waals surface area contributed by atoms with Gasteiger partial charge in [0.05, 0.1) is 13.2 Å². The number of hydrogen-bond donors (Lipinski definition) is 3. The lowest BCUT2D eigenvalue weighted by Gasteiger charge is -2.07. The Morgan fingerprint density at radius 3 is 2.82 bits per heavy atom. The van der Waals surface area contributed by atoms with Gasteiger partial charge in [0.1, 0.15) is 11.5 Å². The molecule has 0 aliphatic heterocycles. The quantitative estimate of drug-likeness (QED) is 0.476. The van der Waals surface area contributed by atoms with Gasteiger partial charge in [-0.15, -0.1) is 6.58 Å². The Labute approximate surface area is 102 Å². The van der Waals surface area contributed by atoms with Crippen molar-refractivity contribution in [2.24, 2.45) is 0 Å². The molecule has 1 aromatic rings. The SMILES string of the molecule is C=CCCOCCNCc1ccc(O)cc1O. The molecule has 94 valence electrons. The Morgan fingerprint density at radius 1 is 1.29 bits per heavy atom. The minimum absolute atomic E-state index is 0.0685. The van der Waals surface area contributed by atoms with Crippen molar-refractivity contribution in [2.45, 2.75) is 13.0 Å². The van der Waals surface area contributed by atoms with Crippen LogP contribution in [-0.2, 0) is 11.3 Å². The number of rotatable bonds is 8. The van der Waals surface area contributed by atoms with E-state index >= 15 is 0 Å². The minimum atomic E-state index is 0.0685. The van der Waals surface area contributed by atoms with E-state index in [0.29, 0.717) is 19.8 Å². The second kappa shape index (κ2) is 7.70. The van der Waals surface area contributed by atoms with Gasteiger partial charge in [0.15, 0.2) is 0 Å². The van der Waals surface area contributed by atoms with E-state index in [0.717, 1.165) is 18.5 Å². The highest BCUT2D eigenvalue weighted by Crippen LogP contribution is 2.21. The topological polar surface area (TPSA) is 61.7 Å². The van der Waals surface area contributed by atoms with Crippen molar-refractivity contribution in [2.75, 3.05) is 19.8 Å². The summed E-state index contributed by atoms with van der Waals surface area (Å²) in [6.45, 7) is 6.20. The van der Waals surface area contributed by atoms with Gasteiger partial charge in [-0.2, -0.15) is 0 Å². The van der Waals surface area contributed by atoms with Gasteiger partial charge in [0.25, 0.3) is 0 Å². The number of phenols is 2. The first-order valence-electron chi connectivity index (χ1n) is 5.64. The van der Waals surface area contributed by atoms with E-state index in [2.05, 4.69) is 11.9 Å². The van der Waals surface area contributed by atoms with Crippen LogP contribution in [0.1, 0.15) is 12.0 Å². The number of hydrogen-bond acceptors (Lipinski definition) is 4. The Hall–Kier alpha value is -1.52. The van der Waals surface area contributed by atoms with Gasteiger partial charge >= 0.3 is 0 Å². The van der Waals surface area contributed by atoms with Crippen LogP contribution in [0.25, 0.3) is 0 Å². The zero-order valence-electron chi connectivity index (χ0n) is 9.85.